The Kier molecular flexibility index (Phi) is 5.85. The fourth-order valence-corrected chi connectivity index (χ4v) is 3.91. The number of carbonyl (C=O) groups is 2. The molecular formula is C26H25NO2. The lowest BCUT2D eigenvalue weighted by molar-refractivity contribution is 0.0757. The van der Waals surface area contributed by atoms with Gasteiger partial charge in [-0.15, -0.1) is 0 Å². The highest BCUT2D eigenvalue weighted by Gasteiger charge is 2.23. The van der Waals surface area contributed by atoms with Gasteiger partial charge in [0.2, 0.25) is 0 Å². The molecule has 146 valence electrons. The smallest absolute Gasteiger partial charge is 0.254 e. The summed E-state index contributed by atoms with van der Waals surface area (Å²) in [7, 11) is 0. The van der Waals surface area contributed by atoms with E-state index in [2.05, 4.69) is 0 Å². The molecule has 29 heavy (non-hydrogen) atoms. The lowest BCUT2D eigenvalue weighted by Gasteiger charge is -2.21. The van der Waals surface area contributed by atoms with Crippen molar-refractivity contribution in [1.29, 1.82) is 0 Å². The molecule has 0 N–H and O–H groups in total. The largest absolute Gasteiger partial charge is 0.339 e. The number of hydrogen-bond donors (Lipinski definition) is 0. The standard InChI is InChI=1S/C26H25NO2/c28-25(22-16-14-21(15-17-22)20-10-4-3-5-11-20)23-12-6-7-13-24(23)26(29)27-18-8-1-2-9-19-27/h3-7,10-17H,1-2,8-9,18-19H2. The summed E-state index contributed by atoms with van der Waals surface area (Å²) in [5.41, 5.74) is 3.76. The van der Waals surface area contributed by atoms with Crippen LogP contribution in [0.25, 0.3) is 11.1 Å². The van der Waals surface area contributed by atoms with E-state index in [1.54, 1.807) is 12.1 Å². The Bertz CT molecular complexity index is 985. The first-order valence-electron chi connectivity index (χ1n) is 10.3. The van der Waals surface area contributed by atoms with Crippen LogP contribution in [0, 0.1) is 0 Å². The van der Waals surface area contributed by atoms with E-state index in [1.165, 1.54) is 0 Å². The molecule has 3 aromatic carbocycles. The van der Waals surface area contributed by atoms with Crippen LogP contribution in [-0.4, -0.2) is 29.7 Å². The van der Waals surface area contributed by atoms with E-state index in [9.17, 15) is 9.59 Å². The van der Waals surface area contributed by atoms with Crippen LogP contribution in [0.5, 0.6) is 0 Å². The minimum Gasteiger partial charge on any atom is -0.339 e. The first-order chi connectivity index (χ1) is 14.2. The molecule has 0 aromatic heterocycles. The maximum absolute atomic E-state index is 13.2. The van der Waals surface area contributed by atoms with Crippen LogP contribution < -0.4 is 0 Å². The maximum atomic E-state index is 13.2. The summed E-state index contributed by atoms with van der Waals surface area (Å²) in [4.78, 5) is 28.2. The molecule has 1 saturated heterocycles. The molecule has 4 rings (SSSR count). The van der Waals surface area contributed by atoms with Gasteiger partial charge >= 0.3 is 0 Å². The third-order valence-electron chi connectivity index (χ3n) is 5.55. The van der Waals surface area contributed by atoms with Crippen molar-refractivity contribution in [1.82, 2.24) is 4.90 Å². The molecule has 3 heteroatoms. The molecule has 1 heterocycles. The van der Waals surface area contributed by atoms with Crippen molar-refractivity contribution in [3.05, 3.63) is 95.6 Å². The SMILES string of the molecule is O=C(c1ccc(-c2ccccc2)cc1)c1ccccc1C(=O)N1CCCCCC1. The Balaban J connectivity index is 1.60. The molecule has 1 aliphatic heterocycles. The van der Waals surface area contributed by atoms with Gasteiger partial charge in [0, 0.05) is 24.2 Å². The number of carbonyl (C=O) groups excluding carboxylic acids is 2. The summed E-state index contributed by atoms with van der Waals surface area (Å²) in [5.74, 6) is -0.139. The van der Waals surface area contributed by atoms with Gasteiger partial charge in [-0.3, -0.25) is 9.59 Å². The molecule has 0 saturated carbocycles. The second-order valence-electron chi connectivity index (χ2n) is 7.52. The minimum atomic E-state index is -0.108. The number of likely N-dealkylation sites (tertiary alicyclic amines) is 1. The van der Waals surface area contributed by atoms with Crippen molar-refractivity contribution in [3.63, 3.8) is 0 Å². The van der Waals surface area contributed by atoms with Crippen molar-refractivity contribution in [3.8, 4) is 11.1 Å². The van der Waals surface area contributed by atoms with Gasteiger partial charge in [-0.1, -0.05) is 85.6 Å². The van der Waals surface area contributed by atoms with Gasteiger partial charge in [0.1, 0.15) is 0 Å². The zero-order valence-corrected chi connectivity index (χ0v) is 16.5. The van der Waals surface area contributed by atoms with Gasteiger partial charge < -0.3 is 4.90 Å². The first-order valence-corrected chi connectivity index (χ1v) is 10.3. The van der Waals surface area contributed by atoms with Crippen LogP contribution in [0.15, 0.2) is 78.9 Å². The Labute approximate surface area is 172 Å². The molecule has 1 amide bonds. The van der Waals surface area contributed by atoms with E-state index >= 15 is 0 Å². The highest BCUT2D eigenvalue weighted by Crippen LogP contribution is 2.22. The van der Waals surface area contributed by atoms with Crippen molar-refractivity contribution in [2.24, 2.45) is 0 Å². The molecule has 1 fully saturated rings. The number of nitrogens with zero attached hydrogens (tertiary/aromatic N) is 1. The monoisotopic (exact) mass is 383 g/mol. The van der Waals surface area contributed by atoms with E-state index in [-0.39, 0.29) is 11.7 Å². The van der Waals surface area contributed by atoms with Crippen molar-refractivity contribution < 1.29 is 9.59 Å². The number of ketones is 1. The van der Waals surface area contributed by atoms with Crippen LogP contribution in [0.1, 0.15) is 52.0 Å². The van der Waals surface area contributed by atoms with Crippen LogP contribution in [0.4, 0.5) is 0 Å². The fourth-order valence-electron chi connectivity index (χ4n) is 3.91. The van der Waals surface area contributed by atoms with Crippen LogP contribution in [0.2, 0.25) is 0 Å². The van der Waals surface area contributed by atoms with Crippen LogP contribution in [0.3, 0.4) is 0 Å². The number of benzene rings is 3. The predicted octanol–water partition coefficient (Wildman–Crippen LogP) is 5.60. The van der Waals surface area contributed by atoms with Gasteiger partial charge in [-0.25, -0.2) is 0 Å². The number of amides is 1. The lowest BCUT2D eigenvalue weighted by atomic mass is 9.96. The zero-order valence-electron chi connectivity index (χ0n) is 16.5. The Hall–Kier alpha value is -3.20. The van der Waals surface area contributed by atoms with E-state index in [0.29, 0.717) is 16.7 Å². The van der Waals surface area contributed by atoms with E-state index in [0.717, 1.165) is 49.9 Å². The summed E-state index contributed by atoms with van der Waals surface area (Å²) in [6.45, 7) is 1.54. The maximum Gasteiger partial charge on any atom is 0.254 e. The van der Waals surface area contributed by atoms with E-state index in [4.69, 9.17) is 0 Å². The topological polar surface area (TPSA) is 37.4 Å². The Morgan fingerprint density at radius 1 is 0.586 bits per heavy atom. The third-order valence-corrected chi connectivity index (χ3v) is 5.55. The molecule has 0 bridgehead atoms. The molecule has 3 aromatic rings. The summed E-state index contributed by atoms with van der Waals surface area (Å²) < 4.78 is 0. The predicted molar refractivity (Wildman–Crippen MR) is 116 cm³/mol. The first kappa shape index (κ1) is 19.1. The number of hydrogen-bond acceptors (Lipinski definition) is 2. The van der Waals surface area contributed by atoms with Gasteiger partial charge in [0.05, 0.1) is 5.56 Å². The molecular weight excluding hydrogens is 358 g/mol. The second-order valence-corrected chi connectivity index (χ2v) is 7.52. The van der Waals surface area contributed by atoms with E-state index < -0.39 is 0 Å². The van der Waals surface area contributed by atoms with Crippen molar-refractivity contribution in [2.75, 3.05) is 13.1 Å². The second kappa shape index (κ2) is 8.87. The lowest BCUT2D eigenvalue weighted by Crippen LogP contribution is -2.33. The molecule has 3 nitrogen and oxygen atoms in total. The molecule has 0 spiro atoms. The van der Waals surface area contributed by atoms with Gasteiger partial charge in [-0.2, -0.15) is 0 Å². The quantitative estimate of drug-likeness (QED) is 0.550. The summed E-state index contributed by atoms with van der Waals surface area (Å²) >= 11 is 0. The fraction of sp³-hybridized carbons (Fsp3) is 0.231. The normalized spacial score (nSPS) is 14.3. The molecule has 1 aliphatic rings. The zero-order chi connectivity index (χ0) is 20.1. The van der Waals surface area contributed by atoms with Gasteiger partial charge in [0.15, 0.2) is 5.78 Å². The average Bonchev–Trinajstić information content (AvgIpc) is 3.08. The molecule has 0 radical (unpaired) electrons. The summed E-state index contributed by atoms with van der Waals surface area (Å²) in [6, 6.07) is 24.9. The van der Waals surface area contributed by atoms with E-state index in [1.807, 2.05) is 71.6 Å². The Morgan fingerprint density at radius 3 is 1.79 bits per heavy atom. The third kappa shape index (κ3) is 4.29. The number of rotatable bonds is 4. The minimum absolute atomic E-state index is 0.0308. The highest BCUT2D eigenvalue weighted by molar-refractivity contribution is 6.15. The van der Waals surface area contributed by atoms with Crippen molar-refractivity contribution >= 4 is 11.7 Å². The molecule has 0 atom stereocenters. The molecule has 0 aliphatic carbocycles. The Morgan fingerprint density at radius 2 is 1.14 bits per heavy atom. The van der Waals surface area contributed by atoms with Crippen LogP contribution in [-0.2, 0) is 0 Å². The highest BCUT2D eigenvalue weighted by atomic mass is 16.2. The average molecular weight is 383 g/mol. The van der Waals surface area contributed by atoms with Crippen LogP contribution >= 0.6 is 0 Å². The molecule has 0 unspecified atom stereocenters. The summed E-state index contributed by atoms with van der Waals surface area (Å²) in [6.07, 6.45) is 4.39. The summed E-state index contributed by atoms with van der Waals surface area (Å²) in [5, 5.41) is 0. The van der Waals surface area contributed by atoms with Gasteiger partial charge in [-0.05, 0) is 30.0 Å². The van der Waals surface area contributed by atoms with Gasteiger partial charge in [0.25, 0.3) is 5.91 Å². The van der Waals surface area contributed by atoms with Crippen molar-refractivity contribution in [2.45, 2.75) is 25.7 Å².